The second kappa shape index (κ2) is 10.4. The van der Waals surface area contributed by atoms with Crippen LogP contribution in [0.3, 0.4) is 0 Å². The van der Waals surface area contributed by atoms with Gasteiger partial charge in [0.2, 0.25) is 0 Å². The topological polar surface area (TPSA) is 49.3 Å². The van der Waals surface area contributed by atoms with Crippen LogP contribution in [0.2, 0.25) is 0 Å². The highest BCUT2D eigenvalue weighted by atomic mass is 32.2. The van der Waals surface area contributed by atoms with E-state index in [1.165, 1.54) is 20.3 Å². The van der Waals surface area contributed by atoms with E-state index in [2.05, 4.69) is 65.0 Å². The van der Waals surface area contributed by atoms with Gasteiger partial charge in [0.15, 0.2) is 5.96 Å². The minimum absolute atomic E-state index is 0.682. The zero-order valence-corrected chi connectivity index (χ0v) is 16.3. The second-order valence-corrected chi connectivity index (χ2v) is 7.37. The predicted molar refractivity (Wildman–Crippen MR) is 106 cm³/mol. The van der Waals surface area contributed by atoms with Gasteiger partial charge >= 0.3 is 0 Å². The Morgan fingerprint density at radius 3 is 2.62 bits per heavy atom. The number of hydrogen-bond donors (Lipinski definition) is 2. The summed E-state index contributed by atoms with van der Waals surface area (Å²) in [5, 5.41) is 7.87. The lowest BCUT2D eigenvalue weighted by Gasteiger charge is -2.10. The van der Waals surface area contributed by atoms with E-state index in [0.717, 1.165) is 31.9 Å². The number of nitrogens with zero attached hydrogens (tertiary/aromatic N) is 2. The SMILES string of the molecule is CCNC(=NCc1ccc(SC)cc1)NCCc1ncc(CC)s1. The van der Waals surface area contributed by atoms with Crippen molar-refractivity contribution in [3.8, 4) is 0 Å². The first-order chi connectivity index (χ1) is 11.7. The molecule has 1 aromatic heterocycles. The van der Waals surface area contributed by atoms with Crippen molar-refractivity contribution in [2.45, 2.75) is 38.1 Å². The fraction of sp³-hybridized carbons (Fsp3) is 0.444. The molecule has 24 heavy (non-hydrogen) atoms. The number of aromatic nitrogens is 1. The van der Waals surface area contributed by atoms with Gasteiger partial charge in [0.25, 0.3) is 0 Å². The standard InChI is InChI=1S/C18H26N4S2/c1-4-15-13-21-17(24-15)10-11-20-18(19-5-2)22-12-14-6-8-16(23-3)9-7-14/h6-9,13H,4-5,10-12H2,1-3H3,(H2,19,20,22). The summed E-state index contributed by atoms with van der Waals surface area (Å²) < 4.78 is 0. The molecule has 0 spiro atoms. The van der Waals surface area contributed by atoms with Crippen molar-refractivity contribution >= 4 is 29.1 Å². The predicted octanol–water partition coefficient (Wildman–Crippen LogP) is 3.73. The first-order valence-corrected chi connectivity index (χ1v) is 10.4. The highest BCUT2D eigenvalue weighted by Gasteiger charge is 2.02. The van der Waals surface area contributed by atoms with Crippen LogP contribution in [0.15, 0.2) is 40.4 Å². The molecule has 0 amide bonds. The minimum Gasteiger partial charge on any atom is -0.357 e. The van der Waals surface area contributed by atoms with E-state index in [1.54, 1.807) is 23.1 Å². The summed E-state index contributed by atoms with van der Waals surface area (Å²) in [5.41, 5.74) is 1.22. The van der Waals surface area contributed by atoms with Crippen molar-refractivity contribution in [2.75, 3.05) is 19.3 Å². The van der Waals surface area contributed by atoms with E-state index in [-0.39, 0.29) is 0 Å². The number of thiazole rings is 1. The third-order valence-electron chi connectivity index (χ3n) is 3.50. The van der Waals surface area contributed by atoms with Crippen LogP contribution in [0.1, 0.15) is 29.3 Å². The molecule has 2 rings (SSSR count). The Bertz CT molecular complexity index is 635. The highest BCUT2D eigenvalue weighted by Crippen LogP contribution is 2.15. The molecule has 0 unspecified atom stereocenters. The van der Waals surface area contributed by atoms with E-state index in [1.807, 2.05) is 6.20 Å². The average Bonchev–Trinajstić information content (AvgIpc) is 3.08. The normalized spacial score (nSPS) is 11.5. The zero-order valence-electron chi connectivity index (χ0n) is 14.6. The summed E-state index contributed by atoms with van der Waals surface area (Å²) in [6, 6.07) is 8.56. The smallest absolute Gasteiger partial charge is 0.191 e. The Balaban J connectivity index is 1.85. The molecule has 0 saturated carbocycles. The van der Waals surface area contributed by atoms with Crippen LogP contribution in [0.4, 0.5) is 0 Å². The van der Waals surface area contributed by atoms with Gasteiger partial charge in [-0.15, -0.1) is 23.1 Å². The molecule has 2 N–H and O–H groups in total. The van der Waals surface area contributed by atoms with E-state index in [0.29, 0.717) is 6.54 Å². The van der Waals surface area contributed by atoms with E-state index >= 15 is 0 Å². The number of guanidine groups is 1. The van der Waals surface area contributed by atoms with E-state index in [9.17, 15) is 0 Å². The molecule has 0 saturated heterocycles. The number of rotatable bonds is 8. The number of aryl methyl sites for hydroxylation is 1. The van der Waals surface area contributed by atoms with Gasteiger partial charge in [-0.3, -0.25) is 0 Å². The van der Waals surface area contributed by atoms with Crippen LogP contribution in [0, 0.1) is 0 Å². The van der Waals surface area contributed by atoms with Crippen molar-refractivity contribution in [1.82, 2.24) is 15.6 Å². The molecule has 0 aliphatic heterocycles. The van der Waals surface area contributed by atoms with E-state index < -0.39 is 0 Å². The Hall–Kier alpha value is -1.53. The molecule has 0 aliphatic carbocycles. The Morgan fingerprint density at radius 1 is 1.21 bits per heavy atom. The zero-order chi connectivity index (χ0) is 17.2. The van der Waals surface area contributed by atoms with Crippen LogP contribution in [-0.2, 0) is 19.4 Å². The van der Waals surface area contributed by atoms with Crippen molar-refractivity contribution < 1.29 is 0 Å². The van der Waals surface area contributed by atoms with Crippen molar-refractivity contribution in [3.05, 3.63) is 45.9 Å². The second-order valence-electron chi connectivity index (χ2n) is 5.29. The number of thioether (sulfide) groups is 1. The van der Waals surface area contributed by atoms with Gasteiger partial charge < -0.3 is 10.6 Å². The summed E-state index contributed by atoms with van der Waals surface area (Å²) >= 11 is 3.56. The Kier molecular flexibility index (Phi) is 8.12. The maximum Gasteiger partial charge on any atom is 0.191 e. The Morgan fingerprint density at radius 2 is 2.00 bits per heavy atom. The fourth-order valence-corrected chi connectivity index (χ4v) is 3.43. The minimum atomic E-state index is 0.682. The summed E-state index contributed by atoms with van der Waals surface area (Å²) in [7, 11) is 0. The molecule has 0 radical (unpaired) electrons. The van der Waals surface area contributed by atoms with Crippen molar-refractivity contribution in [1.29, 1.82) is 0 Å². The Labute approximate surface area is 153 Å². The van der Waals surface area contributed by atoms with Crippen molar-refractivity contribution in [3.63, 3.8) is 0 Å². The van der Waals surface area contributed by atoms with Gasteiger partial charge in [-0.2, -0.15) is 0 Å². The van der Waals surface area contributed by atoms with Gasteiger partial charge in [0, 0.05) is 35.5 Å². The lowest BCUT2D eigenvalue weighted by atomic mass is 10.2. The molecule has 2 aromatic rings. The maximum atomic E-state index is 4.66. The van der Waals surface area contributed by atoms with Gasteiger partial charge in [-0.05, 0) is 37.3 Å². The summed E-state index contributed by atoms with van der Waals surface area (Å²) in [6.07, 6.45) is 6.06. The summed E-state index contributed by atoms with van der Waals surface area (Å²) in [4.78, 5) is 11.7. The average molecular weight is 363 g/mol. The third-order valence-corrected chi connectivity index (χ3v) is 5.45. The number of hydrogen-bond acceptors (Lipinski definition) is 4. The van der Waals surface area contributed by atoms with Crippen LogP contribution >= 0.6 is 23.1 Å². The van der Waals surface area contributed by atoms with Crippen molar-refractivity contribution in [2.24, 2.45) is 4.99 Å². The van der Waals surface area contributed by atoms with Crippen LogP contribution < -0.4 is 10.6 Å². The lowest BCUT2D eigenvalue weighted by Crippen LogP contribution is -2.38. The summed E-state index contributed by atoms with van der Waals surface area (Å²) in [6.45, 7) is 6.62. The number of benzene rings is 1. The third kappa shape index (κ3) is 6.17. The first-order valence-electron chi connectivity index (χ1n) is 8.33. The number of nitrogens with one attached hydrogen (secondary N) is 2. The molecular weight excluding hydrogens is 336 g/mol. The quantitative estimate of drug-likeness (QED) is 0.427. The molecule has 0 aliphatic rings. The van der Waals surface area contributed by atoms with Gasteiger partial charge in [0.1, 0.15) is 0 Å². The first kappa shape index (κ1) is 18.8. The molecule has 1 heterocycles. The fourth-order valence-electron chi connectivity index (χ4n) is 2.16. The van der Waals surface area contributed by atoms with Gasteiger partial charge in [0.05, 0.1) is 11.6 Å². The molecule has 0 fully saturated rings. The molecule has 0 atom stereocenters. The largest absolute Gasteiger partial charge is 0.357 e. The molecule has 6 heteroatoms. The van der Waals surface area contributed by atoms with E-state index in [4.69, 9.17) is 0 Å². The van der Waals surface area contributed by atoms with Gasteiger partial charge in [-0.25, -0.2) is 9.98 Å². The maximum absolute atomic E-state index is 4.66. The molecule has 0 bridgehead atoms. The van der Waals surface area contributed by atoms with Gasteiger partial charge in [-0.1, -0.05) is 19.1 Å². The summed E-state index contributed by atoms with van der Waals surface area (Å²) in [5.74, 6) is 0.860. The highest BCUT2D eigenvalue weighted by molar-refractivity contribution is 7.98. The molecule has 130 valence electrons. The number of aliphatic imine (C=N–C) groups is 1. The monoisotopic (exact) mass is 362 g/mol. The van der Waals surface area contributed by atoms with Crippen LogP contribution in [0.25, 0.3) is 0 Å². The molecule has 1 aromatic carbocycles. The van der Waals surface area contributed by atoms with Crippen LogP contribution in [0.5, 0.6) is 0 Å². The van der Waals surface area contributed by atoms with Crippen LogP contribution in [-0.4, -0.2) is 30.3 Å². The molecule has 4 nitrogen and oxygen atoms in total. The lowest BCUT2D eigenvalue weighted by molar-refractivity contribution is 0.796. The molecular formula is C18H26N4S2.